The van der Waals surface area contributed by atoms with E-state index in [-0.39, 0.29) is 5.56 Å². The van der Waals surface area contributed by atoms with E-state index in [2.05, 4.69) is 12.2 Å². The average Bonchev–Trinajstić information content (AvgIpc) is 2.85. The molecule has 100 valence electrons. The summed E-state index contributed by atoms with van der Waals surface area (Å²) in [5.41, 5.74) is 1.08. The van der Waals surface area contributed by atoms with Gasteiger partial charge in [-0.1, -0.05) is 0 Å². The summed E-state index contributed by atoms with van der Waals surface area (Å²) in [4.78, 5) is 11.7. The molecule has 0 bridgehead atoms. The van der Waals surface area contributed by atoms with E-state index in [0.717, 1.165) is 31.6 Å². The van der Waals surface area contributed by atoms with Gasteiger partial charge >= 0.3 is 0 Å². The normalized spacial score (nSPS) is 21.1. The molecule has 2 unspecified atom stereocenters. The second-order valence-corrected chi connectivity index (χ2v) is 5.03. The van der Waals surface area contributed by atoms with Gasteiger partial charge in [-0.3, -0.25) is 4.79 Å². The van der Waals surface area contributed by atoms with Gasteiger partial charge in [0.15, 0.2) is 0 Å². The van der Waals surface area contributed by atoms with Crippen LogP contribution in [0.3, 0.4) is 0 Å². The Morgan fingerprint density at radius 2 is 2.44 bits per heavy atom. The number of ether oxygens (including phenoxy) is 1. The Balaban J connectivity index is 1.79. The lowest BCUT2D eigenvalue weighted by molar-refractivity contribution is 0.0835. The summed E-state index contributed by atoms with van der Waals surface area (Å²) < 4.78 is 7.36. The molecule has 0 radical (unpaired) electrons. The van der Waals surface area contributed by atoms with Crippen molar-refractivity contribution in [3.63, 3.8) is 0 Å². The third kappa shape index (κ3) is 3.43. The van der Waals surface area contributed by atoms with Gasteiger partial charge in [0.1, 0.15) is 0 Å². The predicted octanol–water partition coefficient (Wildman–Crippen LogP) is 1.31. The molecule has 1 aromatic heterocycles. The SMILES string of the molecule is Cc1ccn(CCNC(C)C2CCCO2)c(=O)c1. The van der Waals surface area contributed by atoms with E-state index in [1.54, 1.807) is 10.6 Å². The lowest BCUT2D eigenvalue weighted by Crippen LogP contribution is -2.39. The van der Waals surface area contributed by atoms with Gasteiger partial charge < -0.3 is 14.6 Å². The van der Waals surface area contributed by atoms with Gasteiger partial charge in [-0.2, -0.15) is 0 Å². The zero-order valence-electron chi connectivity index (χ0n) is 11.2. The molecule has 1 aliphatic heterocycles. The summed E-state index contributed by atoms with van der Waals surface area (Å²) in [5.74, 6) is 0. The lowest BCUT2D eigenvalue weighted by atomic mass is 10.1. The van der Waals surface area contributed by atoms with Crippen molar-refractivity contribution in [2.45, 2.75) is 45.4 Å². The molecule has 18 heavy (non-hydrogen) atoms. The Labute approximate surface area is 108 Å². The minimum Gasteiger partial charge on any atom is -0.377 e. The fourth-order valence-electron chi connectivity index (χ4n) is 2.33. The first-order valence-electron chi connectivity index (χ1n) is 6.69. The van der Waals surface area contributed by atoms with Crippen molar-refractivity contribution in [1.82, 2.24) is 9.88 Å². The molecule has 1 saturated heterocycles. The van der Waals surface area contributed by atoms with Crippen molar-refractivity contribution in [2.24, 2.45) is 0 Å². The maximum Gasteiger partial charge on any atom is 0.250 e. The molecule has 2 heterocycles. The van der Waals surface area contributed by atoms with Gasteiger partial charge in [-0.05, 0) is 38.3 Å². The Morgan fingerprint density at radius 1 is 1.61 bits per heavy atom. The molecule has 0 amide bonds. The van der Waals surface area contributed by atoms with E-state index < -0.39 is 0 Å². The number of aromatic nitrogens is 1. The van der Waals surface area contributed by atoms with Crippen LogP contribution in [0.15, 0.2) is 23.1 Å². The molecule has 1 fully saturated rings. The standard InChI is InChI=1S/C14H22N2O2/c1-11-5-7-16(14(17)10-11)8-6-15-12(2)13-4-3-9-18-13/h5,7,10,12-13,15H,3-4,6,8-9H2,1-2H3. The molecule has 4 nitrogen and oxygen atoms in total. The van der Waals surface area contributed by atoms with Crippen molar-refractivity contribution < 1.29 is 4.74 Å². The van der Waals surface area contributed by atoms with Gasteiger partial charge in [-0.25, -0.2) is 0 Å². The summed E-state index contributed by atoms with van der Waals surface area (Å²) in [6, 6.07) is 3.99. The quantitative estimate of drug-likeness (QED) is 0.857. The van der Waals surface area contributed by atoms with E-state index in [9.17, 15) is 4.79 Å². The van der Waals surface area contributed by atoms with Crippen LogP contribution in [0.4, 0.5) is 0 Å². The topological polar surface area (TPSA) is 43.3 Å². The van der Waals surface area contributed by atoms with E-state index in [1.165, 1.54) is 0 Å². The average molecular weight is 250 g/mol. The molecule has 2 atom stereocenters. The predicted molar refractivity (Wildman–Crippen MR) is 71.9 cm³/mol. The minimum absolute atomic E-state index is 0.0709. The molecule has 0 spiro atoms. The zero-order valence-corrected chi connectivity index (χ0v) is 11.2. The third-order valence-corrected chi connectivity index (χ3v) is 3.49. The van der Waals surface area contributed by atoms with E-state index in [4.69, 9.17) is 4.74 Å². The monoisotopic (exact) mass is 250 g/mol. The summed E-state index contributed by atoms with van der Waals surface area (Å²) in [6.45, 7) is 6.46. The first kappa shape index (κ1) is 13.3. The highest BCUT2D eigenvalue weighted by molar-refractivity contribution is 5.07. The van der Waals surface area contributed by atoms with Crippen LogP contribution >= 0.6 is 0 Å². The van der Waals surface area contributed by atoms with Crippen molar-refractivity contribution in [1.29, 1.82) is 0 Å². The van der Waals surface area contributed by atoms with Crippen LogP contribution in [-0.2, 0) is 11.3 Å². The van der Waals surface area contributed by atoms with E-state index in [0.29, 0.717) is 18.7 Å². The number of nitrogens with zero attached hydrogens (tertiary/aromatic N) is 1. The van der Waals surface area contributed by atoms with Crippen LogP contribution in [0.2, 0.25) is 0 Å². The molecular formula is C14H22N2O2. The van der Waals surface area contributed by atoms with Gasteiger partial charge in [0.05, 0.1) is 6.10 Å². The summed E-state index contributed by atoms with van der Waals surface area (Å²) in [7, 11) is 0. The number of pyridine rings is 1. The Hall–Kier alpha value is -1.13. The summed E-state index contributed by atoms with van der Waals surface area (Å²) in [5, 5.41) is 3.43. The van der Waals surface area contributed by atoms with Gasteiger partial charge in [-0.15, -0.1) is 0 Å². The fraction of sp³-hybridized carbons (Fsp3) is 0.643. The number of aryl methyl sites for hydroxylation is 1. The fourth-order valence-corrected chi connectivity index (χ4v) is 2.33. The van der Waals surface area contributed by atoms with Crippen molar-refractivity contribution >= 4 is 0 Å². The Morgan fingerprint density at radius 3 is 3.11 bits per heavy atom. The van der Waals surface area contributed by atoms with Crippen LogP contribution in [0.1, 0.15) is 25.3 Å². The van der Waals surface area contributed by atoms with Crippen LogP contribution in [0.5, 0.6) is 0 Å². The van der Waals surface area contributed by atoms with E-state index in [1.807, 2.05) is 19.2 Å². The van der Waals surface area contributed by atoms with Gasteiger partial charge in [0, 0.05) is 38.0 Å². The van der Waals surface area contributed by atoms with E-state index >= 15 is 0 Å². The molecular weight excluding hydrogens is 228 g/mol. The highest BCUT2D eigenvalue weighted by Gasteiger charge is 2.21. The number of nitrogens with one attached hydrogen (secondary N) is 1. The highest BCUT2D eigenvalue weighted by Crippen LogP contribution is 2.15. The molecule has 4 heteroatoms. The highest BCUT2D eigenvalue weighted by atomic mass is 16.5. The molecule has 0 aromatic carbocycles. The number of hydrogen-bond acceptors (Lipinski definition) is 3. The third-order valence-electron chi connectivity index (χ3n) is 3.49. The molecule has 2 rings (SSSR count). The Bertz CT molecular complexity index is 436. The van der Waals surface area contributed by atoms with Gasteiger partial charge in [0.25, 0.3) is 5.56 Å². The van der Waals surface area contributed by atoms with Crippen molar-refractivity contribution in [3.05, 3.63) is 34.2 Å². The van der Waals surface area contributed by atoms with Gasteiger partial charge in [0.2, 0.25) is 0 Å². The van der Waals surface area contributed by atoms with Crippen molar-refractivity contribution in [3.8, 4) is 0 Å². The zero-order chi connectivity index (χ0) is 13.0. The van der Waals surface area contributed by atoms with Crippen LogP contribution in [-0.4, -0.2) is 29.9 Å². The smallest absolute Gasteiger partial charge is 0.250 e. The lowest BCUT2D eigenvalue weighted by Gasteiger charge is -2.20. The molecule has 0 aliphatic carbocycles. The second kappa shape index (κ2) is 6.16. The first-order chi connectivity index (χ1) is 8.66. The summed E-state index contributed by atoms with van der Waals surface area (Å²) in [6.07, 6.45) is 4.49. The summed E-state index contributed by atoms with van der Waals surface area (Å²) >= 11 is 0. The molecule has 1 N–H and O–H groups in total. The molecule has 1 aliphatic rings. The number of hydrogen-bond donors (Lipinski definition) is 1. The van der Waals surface area contributed by atoms with Crippen molar-refractivity contribution in [2.75, 3.05) is 13.2 Å². The Kier molecular flexibility index (Phi) is 4.55. The largest absolute Gasteiger partial charge is 0.377 e. The van der Waals surface area contributed by atoms with Crippen LogP contribution in [0.25, 0.3) is 0 Å². The second-order valence-electron chi connectivity index (χ2n) is 5.03. The number of rotatable bonds is 5. The molecule has 1 aromatic rings. The maximum absolute atomic E-state index is 11.7. The van der Waals surface area contributed by atoms with Crippen LogP contribution in [0, 0.1) is 6.92 Å². The van der Waals surface area contributed by atoms with Crippen LogP contribution < -0.4 is 10.9 Å². The molecule has 0 saturated carbocycles. The maximum atomic E-state index is 11.7. The minimum atomic E-state index is 0.0709. The first-order valence-corrected chi connectivity index (χ1v) is 6.69.